The minimum absolute atomic E-state index is 0.100. The van der Waals surface area contributed by atoms with Gasteiger partial charge in [-0.15, -0.1) is 0 Å². The number of aliphatic hydroxyl groups is 1. The molecule has 0 saturated carbocycles. The summed E-state index contributed by atoms with van der Waals surface area (Å²) < 4.78 is 18.7. The molecule has 0 fully saturated rings. The van der Waals surface area contributed by atoms with E-state index in [4.69, 9.17) is 16.3 Å². The molecule has 0 aliphatic rings. The van der Waals surface area contributed by atoms with Crippen LogP contribution in [0.4, 0.5) is 4.39 Å². The molecule has 1 atom stereocenters. The van der Waals surface area contributed by atoms with Crippen LogP contribution in [0.15, 0.2) is 48.5 Å². The number of ether oxygens (including phenoxy) is 1. The van der Waals surface area contributed by atoms with E-state index in [0.29, 0.717) is 10.8 Å². The first-order valence-corrected chi connectivity index (χ1v) is 6.31. The quantitative estimate of drug-likeness (QED) is 0.906. The van der Waals surface area contributed by atoms with Gasteiger partial charge in [0.15, 0.2) is 0 Å². The van der Waals surface area contributed by atoms with Crippen molar-refractivity contribution in [2.24, 2.45) is 0 Å². The Morgan fingerprint density at radius 2 is 1.89 bits per heavy atom. The first-order chi connectivity index (χ1) is 9.19. The summed E-state index contributed by atoms with van der Waals surface area (Å²) in [5.74, 6) is 0.0908. The number of halogens is 2. The summed E-state index contributed by atoms with van der Waals surface area (Å²) in [6.07, 6.45) is 0. The van der Waals surface area contributed by atoms with Gasteiger partial charge >= 0.3 is 0 Å². The van der Waals surface area contributed by atoms with Crippen molar-refractivity contribution in [3.8, 4) is 5.75 Å². The van der Waals surface area contributed by atoms with Crippen molar-refractivity contribution in [2.45, 2.75) is 5.92 Å². The van der Waals surface area contributed by atoms with E-state index in [1.165, 1.54) is 12.1 Å². The van der Waals surface area contributed by atoms with Crippen LogP contribution in [-0.2, 0) is 0 Å². The van der Waals surface area contributed by atoms with Crippen LogP contribution in [0.5, 0.6) is 5.75 Å². The molecule has 0 aliphatic carbocycles. The van der Waals surface area contributed by atoms with Gasteiger partial charge in [-0.3, -0.25) is 0 Å². The van der Waals surface area contributed by atoms with Gasteiger partial charge in [0.1, 0.15) is 11.6 Å². The fraction of sp³-hybridized carbons (Fsp3) is 0.200. The van der Waals surface area contributed by atoms with Gasteiger partial charge in [-0.1, -0.05) is 23.7 Å². The maximum absolute atomic E-state index is 13.1. The standard InChI is InChI=1S/C15H14ClFO2/c16-13-4-6-15(7-5-13)19-10-12(9-18)11-2-1-3-14(17)8-11/h1-8,12,18H,9-10H2. The third-order valence-electron chi connectivity index (χ3n) is 2.81. The molecular formula is C15H14ClFO2. The van der Waals surface area contributed by atoms with Crippen LogP contribution in [0.1, 0.15) is 11.5 Å². The van der Waals surface area contributed by atoms with Gasteiger partial charge in [0, 0.05) is 10.9 Å². The Labute approximate surface area is 116 Å². The number of rotatable bonds is 5. The Bertz CT molecular complexity index is 528. The topological polar surface area (TPSA) is 29.5 Å². The Balaban J connectivity index is 2.01. The van der Waals surface area contributed by atoms with Crippen LogP contribution >= 0.6 is 11.6 Å². The molecule has 0 radical (unpaired) electrons. The molecule has 4 heteroatoms. The SMILES string of the molecule is OCC(COc1ccc(Cl)cc1)c1cccc(F)c1. The maximum Gasteiger partial charge on any atom is 0.123 e. The van der Waals surface area contributed by atoms with E-state index in [2.05, 4.69) is 0 Å². The highest BCUT2D eigenvalue weighted by Crippen LogP contribution is 2.20. The average molecular weight is 281 g/mol. The summed E-state index contributed by atoms with van der Waals surface area (Å²) in [7, 11) is 0. The number of hydrogen-bond donors (Lipinski definition) is 1. The van der Waals surface area contributed by atoms with Gasteiger partial charge in [0.2, 0.25) is 0 Å². The van der Waals surface area contributed by atoms with Crippen LogP contribution in [0.25, 0.3) is 0 Å². The second-order valence-electron chi connectivity index (χ2n) is 4.20. The zero-order valence-corrected chi connectivity index (χ0v) is 11.0. The normalized spacial score (nSPS) is 12.2. The van der Waals surface area contributed by atoms with Gasteiger partial charge in [-0.25, -0.2) is 4.39 Å². The predicted octanol–water partition coefficient (Wildman–Crippen LogP) is 3.63. The summed E-state index contributed by atoms with van der Waals surface area (Å²) in [6, 6.07) is 13.1. The second kappa shape index (κ2) is 6.55. The highest BCUT2D eigenvalue weighted by atomic mass is 35.5. The molecule has 1 unspecified atom stereocenters. The van der Waals surface area contributed by atoms with Crippen LogP contribution < -0.4 is 4.74 Å². The lowest BCUT2D eigenvalue weighted by atomic mass is 10.0. The molecular weight excluding hydrogens is 267 g/mol. The van der Waals surface area contributed by atoms with E-state index in [1.807, 2.05) is 0 Å². The maximum atomic E-state index is 13.1. The molecule has 1 N–H and O–H groups in total. The molecule has 0 saturated heterocycles. The first kappa shape index (κ1) is 13.8. The van der Waals surface area contributed by atoms with Gasteiger partial charge < -0.3 is 9.84 Å². The van der Waals surface area contributed by atoms with E-state index in [-0.39, 0.29) is 24.9 Å². The van der Waals surface area contributed by atoms with Gasteiger partial charge in [0.25, 0.3) is 0 Å². The van der Waals surface area contributed by atoms with Crippen molar-refractivity contribution >= 4 is 11.6 Å². The first-order valence-electron chi connectivity index (χ1n) is 5.93. The summed E-state index contributed by atoms with van der Waals surface area (Å²) in [5, 5.41) is 10.0. The summed E-state index contributed by atoms with van der Waals surface area (Å²) in [4.78, 5) is 0. The minimum Gasteiger partial charge on any atom is -0.493 e. The third-order valence-corrected chi connectivity index (χ3v) is 3.06. The van der Waals surface area contributed by atoms with E-state index in [1.54, 1.807) is 36.4 Å². The zero-order valence-electron chi connectivity index (χ0n) is 10.2. The lowest BCUT2D eigenvalue weighted by Crippen LogP contribution is -2.14. The number of hydrogen-bond acceptors (Lipinski definition) is 2. The molecule has 19 heavy (non-hydrogen) atoms. The van der Waals surface area contributed by atoms with E-state index in [9.17, 15) is 9.50 Å². The largest absolute Gasteiger partial charge is 0.493 e. The fourth-order valence-electron chi connectivity index (χ4n) is 1.74. The Kier molecular flexibility index (Phi) is 4.77. The van der Waals surface area contributed by atoms with Gasteiger partial charge in [-0.05, 0) is 42.0 Å². The van der Waals surface area contributed by atoms with Crippen molar-refractivity contribution < 1.29 is 14.2 Å². The molecule has 0 aromatic heterocycles. The van der Waals surface area contributed by atoms with Gasteiger partial charge in [0.05, 0.1) is 13.2 Å². The molecule has 2 rings (SSSR count). The molecule has 0 heterocycles. The zero-order chi connectivity index (χ0) is 13.7. The molecule has 0 amide bonds. The van der Waals surface area contributed by atoms with Crippen molar-refractivity contribution in [3.05, 3.63) is 64.9 Å². The van der Waals surface area contributed by atoms with Crippen LogP contribution in [0.2, 0.25) is 5.02 Å². The summed E-state index contributed by atoms with van der Waals surface area (Å²) in [6.45, 7) is 0.179. The average Bonchev–Trinajstić information content (AvgIpc) is 2.42. The Morgan fingerprint density at radius 1 is 1.16 bits per heavy atom. The minimum atomic E-state index is -0.317. The van der Waals surface area contributed by atoms with Crippen molar-refractivity contribution in [2.75, 3.05) is 13.2 Å². The lowest BCUT2D eigenvalue weighted by Gasteiger charge is -2.16. The second-order valence-corrected chi connectivity index (χ2v) is 4.64. The molecule has 0 bridgehead atoms. The van der Waals surface area contributed by atoms with Crippen molar-refractivity contribution in [1.29, 1.82) is 0 Å². The van der Waals surface area contributed by atoms with E-state index < -0.39 is 0 Å². The van der Waals surface area contributed by atoms with Crippen LogP contribution in [-0.4, -0.2) is 18.3 Å². The van der Waals surface area contributed by atoms with Crippen LogP contribution in [0, 0.1) is 5.82 Å². The molecule has 0 aliphatic heterocycles. The summed E-state index contributed by atoms with van der Waals surface area (Å²) >= 11 is 5.78. The third kappa shape index (κ3) is 3.94. The Morgan fingerprint density at radius 3 is 2.53 bits per heavy atom. The molecule has 2 aromatic carbocycles. The lowest BCUT2D eigenvalue weighted by molar-refractivity contribution is 0.205. The molecule has 2 aromatic rings. The molecule has 0 spiro atoms. The highest BCUT2D eigenvalue weighted by Gasteiger charge is 2.12. The van der Waals surface area contributed by atoms with E-state index >= 15 is 0 Å². The number of aliphatic hydroxyl groups excluding tert-OH is 1. The Hall–Kier alpha value is -1.58. The number of benzene rings is 2. The van der Waals surface area contributed by atoms with Crippen LogP contribution in [0.3, 0.4) is 0 Å². The van der Waals surface area contributed by atoms with Crippen molar-refractivity contribution in [1.82, 2.24) is 0 Å². The molecule has 100 valence electrons. The smallest absolute Gasteiger partial charge is 0.123 e. The van der Waals surface area contributed by atoms with E-state index in [0.717, 1.165) is 5.56 Å². The summed E-state index contributed by atoms with van der Waals surface area (Å²) in [5.41, 5.74) is 0.719. The monoisotopic (exact) mass is 280 g/mol. The highest BCUT2D eigenvalue weighted by molar-refractivity contribution is 6.30. The van der Waals surface area contributed by atoms with Gasteiger partial charge in [-0.2, -0.15) is 0 Å². The fourth-order valence-corrected chi connectivity index (χ4v) is 1.87. The molecule has 2 nitrogen and oxygen atoms in total. The predicted molar refractivity (Wildman–Crippen MR) is 73.2 cm³/mol. The van der Waals surface area contributed by atoms with Crippen molar-refractivity contribution in [3.63, 3.8) is 0 Å².